The number of nitrogens with two attached hydrogens (primary N) is 2. The summed E-state index contributed by atoms with van der Waals surface area (Å²) in [5.41, 5.74) is 14.4. The predicted molar refractivity (Wildman–Crippen MR) is 127 cm³/mol. The number of rotatable bonds is 7. The Morgan fingerprint density at radius 1 is 1.21 bits per heavy atom. The zero-order valence-electron chi connectivity index (χ0n) is 18.5. The first-order chi connectivity index (χ1) is 15.8. The van der Waals surface area contributed by atoms with Gasteiger partial charge in [-0.15, -0.1) is 0 Å². The Hall–Kier alpha value is -2.52. The number of ether oxygens (including phenoxy) is 1. The Labute approximate surface area is 213 Å². The van der Waals surface area contributed by atoms with E-state index >= 15 is 0 Å². The minimum atomic E-state index is -0.553. The van der Waals surface area contributed by atoms with Crippen molar-refractivity contribution in [3.63, 3.8) is 0 Å². The van der Waals surface area contributed by atoms with Crippen LogP contribution < -0.4 is 28.6 Å². The van der Waals surface area contributed by atoms with Gasteiger partial charge in [0, 0.05) is 12.0 Å². The molecule has 0 amide bonds. The van der Waals surface area contributed by atoms with E-state index in [1.54, 1.807) is 4.58 Å². The molecular weight excluding hydrogens is 501 g/mol. The number of aliphatic hydroxyl groups excluding tert-OH is 1. The van der Waals surface area contributed by atoms with Gasteiger partial charge >= 0.3 is 5.96 Å². The van der Waals surface area contributed by atoms with E-state index in [0.29, 0.717) is 41.3 Å². The molecule has 2 atom stereocenters. The fourth-order valence-electron chi connectivity index (χ4n) is 3.93. The zero-order valence-corrected chi connectivity index (χ0v) is 20.8. The molecule has 0 spiro atoms. The van der Waals surface area contributed by atoms with Gasteiger partial charge in [-0.1, -0.05) is 34.4 Å². The van der Waals surface area contributed by atoms with Gasteiger partial charge in [-0.25, -0.2) is 0 Å². The number of benzene rings is 2. The maximum atomic E-state index is 9.97. The number of aromatic nitrogens is 2. The summed E-state index contributed by atoms with van der Waals surface area (Å²) in [5, 5.41) is 15.2. The van der Waals surface area contributed by atoms with Gasteiger partial charge in [-0.3, -0.25) is 16.0 Å². The molecule has 2 heterocycles. The minimum absolute atomic E-state index is 0. The van der Waals surface area contributed by atoms with Crippen LogP contribution in [0.1, 0.15) is 35.9 Å². The van der Waals surface area contributed by atoms with Crippen LogP contribution >= 0.6 is 23.2 Å². The van der Waals surface area contributed by atoms with Crippen molar-refractivity contribution in [1.82, 2.24) is 10.1 Å². The highest BCUT2D eigenvalue weighted by Crippen LogP contribution is 2.30. The van der Waals surface area contributed by atoms with Gasteiger partial charge in [-0.2, -0.15) is 4.98 Å². The smallest absolute Gasteiger partial charge is 0.341 e. The van der Waals surface area contributed by atoms with Crippen molar-refractivity contribution in [2.75, 3.05) is 13.2 Å². The Morgan fingerprint density at radius 2 is 2.00 bits per heavy atom. The molecule has 0 unspecified atom stereocenters. The average molecular weight is 527 g/mol. The Kier molecular flexibility index (Phi) is 8.65. The lowest BCUT2D eigenvalue weighted by molar-refractivity contribution is -0.557. The Bertz CT molecular complexity index is 1180. The number of halogens is 3. The van der Waals surface area contributed by atoms with Crippen LogP contribution in [0.5, 0.6) is 5.75 Å². The molecule has 182 valence electrons. The molecule has 1 aromatic heterocycles. The maximum absolute atomic E-state index is 9.97. The molecule has 11 heteroatoms. The van der Waals surface area contributed by atoms with Crippen molar-refractivity contribution in [2.24, 2.45) is 11.5 Å². The summed E-state index contributed by atoms with van der Waals surface area (Å²) in [6, 6.07) is 11.1. The summed E-state index contributed by atoms with van der Waals surface area (Å²) in [7, 11) is 0. The van der Waals surface area contributed by atoms with Crippen molar-refractivity contribution >= 4 is 29.2 Å². The van der Waals surface area contributed by atoms with Gasteiger partial charge in [0.25, 0.3) is 5.89 Å². The molecule has 2 aromatic carbocycles. The number of guanidine groups is 1. The molecule has 5 N–H and O–H groups in total. The third kappa shape index (κ3) is 5.93. The Balaban J connectivity index is 0.00000324. The van der Waals surface area contributed by atoms with E-state index in [2.05, 4.69) is 10.1 Å². The van der Waals surface area contributed by atoms with Crippen LogP contribution in [0.15, 0.2) is 40.9 Å². The van der Waals surface area contributed by atoms with Crippen LogP contribution in [-0.4, -0.2) is 45.0 Å². The van der Waals surface area contributed by atoms with E-state index in [0.717, 1.165) is 35.3 Å². The number of β-amino-alcohol motifs (C(OH)–C–C–N with tert-alkyl or cyclic N) is 1. The number of hydrogen-bond acceptors (Lipinski definition) is 5. The number of aliphatic hydroxyl groups is 1. The summed E-state index contributed by atoms with van der Waals surface area (Å²) in [4.78, 5) is 4.51. The van der Waals surface area contributed by atoms with Gasteiger partial charge in [0.2, 0.25) is 5.82 Å². The first-order valence-electron chi connectivity index (χ1n) is 10.7. The van der Waals surface area contributed by atoms with Gasteiger partial charge in [0.05, 0.1) is 29.3 Å². The highest BCUT2D eigenvalue weighted by atomic mass is 35.5. The molecule has 0 aliphatic carbocycles. The third-order valence-corrected chi connectivity index (χ3v) is 6.36. The molecule has 8 nitrogen and oxygen atoms in total. The van der Waals surface area contributed by atoms with Crippen LogP contribution in [0.4, 0.5) is 0 Å². The molecule has 0 radical (unpaired) electrons. The lowest BCUT2D eigenvalue weighted by Crippen LogP contribution is -3.00. The first-order valence-corrected chi connectivity index (χ1v) is 11.4. The monoisotopic (exact) mass is 525 g/mol. The van der Waals surface area contributed by atoms with Crippen molar-refractivity contribution in [2.45, 2.75) is 38.3 Å². The molecule has 34 heavy (non-hydrogen) atoms. The highest BCUT2D eigenvalue weighted by molar-refractivity contribution is 6.42. The van der Waals surface area contributed by atoms with Gasteiger partial charge < -0.3 is 26.8 Å². The molecule has 4 rings (SSSR count). The Morgan fingerprint density at radius 3 is 2.71 bits per heavy atom. The van der Waals surface area contributed by atoms with Crippen LogP contribution in [0, 0.1) is 6.92 Å². The average Bonchev–Trinajstić information content (AvgIpc) is 3.41. The quantitative estimate of drug-likeness (QED) is 0.232. The largest absolute Gasteiger partial charge is 1.00 e. The van der Waals surface area contributed by atoms with Crippen molar-refractivity contribution in [3.05, 3.63) is 63.5 Å². The predicted octanol–water partition coefficient (Wildman–Crippen LogP) is 0.459. The number of aryl methyl sites for hydroxylation is 2. The summed E-state index contributed by atoms with van der Waals surface area (Å²) >= 11 is 12.0. The zero-order chi connectivity index (χ0) is 23.5. The first kappa shape index (κ1) is 26.1. The second-order valence-corrected chi connectivity index (χ2v) is 8.93. The molecule has 1 aliphatic rings. The third-order valence-electron chi connectivity index (χ3n) is 5.62. The topological polar surface area (TPSA) is 123 Å². The molecule has 1 aliphatic heterocycles. The second kappa shape index (κ2) is 11.3. The molecular formula is C23H26Cl3N5O3. The fraction of sp³-hybridized carbons (Fsp3) is 0.348. The molecule has 0 bridgehead atoms. The van der Waals surface area contributed by atoms with Gasteiger partial charge in [-0.05, 0) is 61.2 Å². The summed E-state index contributed by atoms with van der Waals surface area (Å²) in [6.45, 7) is 2.88. The summed E-state index contributed by atoms with van der Waals surface area (Å²) in [5.74, 6) is 1.74. The minimum Gasteiger partial charge on any atom is -1.00 e. The van der Waals surface area contributed by atoms with E-state index in [4.69, 9.17) is 43.9 Å². The molecule has 3 aromatic rings. The molecule has 0 saturated carbocycles. The lowest BCUT2D eigenvalue weighted by atomic mass is 10.1. The lowest BCUT2D eigenvalue weighted by Gasteiger charge is -2.10. The maximum Gasteiger partial charge on any atom is 0.341 e. The normalized spacial score (nSPS) is 17.5. The van der Waals surface area contributed by atoms with Crippen LogP contribution in [0.3, 0.4) is 0 Å². The summed E-state index contributed by atoms with van der Waals surface area (Å²) in [6.07, 6.45) is 1.56. The second-order valence-electron chi connectivity index (χ2n) is 8.12. The van der Waals surface area contributed by atoms with Gasteiger partial charge in [0.15, 0.2) is 6.04 Å². The van der Waals surface area contributed by atoms with Crippen LogP contribution in [0.2, 0.25) is 10.0 Å². The van der Waals surface area contributed by atoms with Crippen molar-refractivity contribution in [3.8, 4) is 17.1 Å². The fourth-order valence-corrected chi connectivity index (χ4v) is 4.25. The summed E-state index contributed by atoms with van der Waals surface area (Å²) < 4.78 is 13.1. The standard InChI is InChI=1S/C23H25Cl2N5O3.ClH/c1-13-9-15(21-28-22(33-29-21)19-11-16(31)12-30(19)23(26)27)5-7-20(13)32-8-2-3-14-4-6-17(24)18(25)10-14;/h4-7,9-10,16,19,31H,2-3,8,11-12H2,1H3,(H3,26,27);1H/t16-,19+;/m1./s1. The highest BCUT2D eigenvalue weighted by Gasteiger charge is 2.36. The number of nitrogens with zero attached hydrogens (tertiary/aromatic N) is 3. The van der Waals surface area contributed by atoms with Crippen molar-refractivity contribution in [1.29, 1.82) is 0 Å². The molecule has 1 fully saturated rings. The van der Waals surface area contributed by atoms with Crippen molar-refractivity contribution < 1.29 is 31.3 Å². The van der Waals surface area contributed by atoms with E-state index in [1.807, 2.05) is 43.3 Å². The van der Waals surface area contributed by atoms with E-state index < -0.39 is 6.10 Å². The SMILES string of the molecule is Cc1cc(-c2noc([C@@H]3C[C@@H](O)C[N+]3=C(N)N)n2)ccc1OCCCc1ccc(Cl)c(Cl)c1.[Cl-]. The van der Waals surface area contributed by atoms with E-state index in [9.17, 15) is 5.11 Å². The van der Waals surface area contributed by atoms with E-state index in [-0.39, 0.29) is 24.4 Å². The van der Waals surface area contributed by atoms with Crippen LogP contribution in [-0.2, 0) is 6.42 Å². The molecule has 1 saturated heterocycles. The number of hydrogen-bond donors (Lipinski definition) is 3. The van der Waals surface area contributed by atoms with E-state index in [1.165, 1.54) is 0 Å². The van der Waals surface area contributed by atoms with Crippen LogP contribution in [0.25, 0.3) is 11.4 Å². The van der Waals surface area contributed by atoms with Gasteiger partial charge in [0.1, 0.15) is 5.75 Å².